The molecular weight excluding hydrogens is 609 g/mol. The summed E-state index contributed by atoms with van der Waals surface area (Å²) in [6, 6.07) is 6.39. The van der Waals surface area contributed by atoms with Crippen LogP contribution in [0.15, 0.2) is 42.5 Å². The summed E-state index contributed by atoms with van der Waals surface area (Å²) < 4.78 is 76.4. The number of halogens is 5. The summed E-state index contributed by atoms with van der Waals surface area (Å²) in [6.07, 6.45) is 0. The van der Waals surface area contributed by atoms with Crippen LogP contribution in [0.25, 0.3) is 0 Å². The fraction of sp³-hybridized carbons (Fsp3) is 0.231. The maximum Gasteiger partial charge on any atom is 0.472 e. The Kier molecular flexibility index (Phi) is 9.14. The Hall–Kier alpha value is -3.68. The number of anilines is 1. The molecule has 42 heavy (non-hydrogen) atoms. The van der Waals surface area contributed by atoms with Gasteiger partial charge >= 0.3 is 13.9 Å². The highest BCUT2D eigenvalue weighted by molar-refractivity contribution is 7.46. The van der Waals surface area contributed by atoms with Crippen LogP contribution < -0.4 is 15.0 Å². The zero-order chi connectivity index (χ0) is 30.9. The highest BCUT2D eigenvalue weighted by Crippen LogP contribution is 2.40. The molecule has 0 unspecified atom stereocenters. The molecule has 0 aromatic heterocycles. The second-order valence-corrected chi connectivity index (χ2v) is 10.8. The van der Waals surface area contributed by atoms with E-state index in [0.717, 1.165) is 17.0 Å². The summed E-state index contributed by atoms with van der Waals surface area (Å²) in [4.78, 5) is 46.4. The highest BCUT2D eigenvalue weighted by atomic mass is 35.5. The summed E-state index contributed by atoms with van der Waals surface area (Å²) >= 11 is 6.32. The molecule has 0 radical (unpaired) electrons. The molecule has 16 heteroatoms. The first-order valence-electron chi connectivity index (χ1n) is 12.1. The number of hydrogen-bond donors (Lipinski definition) is 3. The molecule has 1 heterocycles. The molecule has 0 aliphatic carbocycles. The van der Waals surface area contributed by atoms with Crippen LogP contribution in [0, 0.1) is 23.3 Å². The van der Waals surface area contributed by atoms with Gasteiger partial charge in [-0.05, 0) is 36.8 Å². The molecular formula is C26H23ClF4N3O7P. The topological polar surface area (TPSA) is 129 Å². The van der Waals surface area contributed by atoms with Gasteiger partial charge in [0.15, 0.2) is 6.79 Å². The fourth-order valence-electron chi connectivity index (χ4n) is 4.25. The van der Waals surface area contributed by atoms with Gasteiger partial charge in [-0.3, -0.25) is 9.69 Å². The van der Waals surface area contributed by atoms with Crippen LogP contribution >= 0.6 is 19.4 Å². The molecule has 1 atom stereocenters. The number of nitrogens with one attached hydrogen (secondary N) is 1. The molecule has 1 aliphatic heterocycles. The van der Waals surface area contributed by atoms with Crippen LogP contribution in [0.1, 0.15) is 40.0 Å². The molecule has 1 aliphatic rings. The van der Waals surface area contributed by atoms with Crippen molar-refractivity contribution in [1.29, 1.82) is 0 Å². The first-order valence-corrected chi connectivity index (χ1v) is 14.0. The maximum absolute atomic E-state index is 14.9. The molecule has 10 nitrogen and oxygen atoms in total. The van der Waals surface area contributed by atoms with Crippen LogP contribution in [-0.2, 0) is 22.2 Å². The smallest absolute Gasteiger partial charge is 0.465 e. The molecule has 0 spiro atoms. The molecule has 3 aromatic carbocycles. The number of fused-ring (bicyclic) bond motifs is 1. The summed E-state index contributed by atoms with van der Waals surface area (Å²) in [5, 5.41) is 2.06. The van der Waals surface area contributed by atoms with E-state index in [-0.39, 0.29) is 27.6 Å². The predicted octanol–water partition coefficient (Wildman–Crippen LogP) is 5.41. The molecule has 0 saturated heterocycles. The zero-order valence-electron chi connectivity index (χ0n) is 21.9. The Morgan fingerprint density at radius 1 is 1.05 bits per heavy atom. The van der Waals surface area contributed by atoms with Crippen molar-refractivity contribution in [2.75, 3.05) is 18.7 Å². The Labute approximate surface area is 241 Å². The Morgan fingerprint density at radius 3 is 2.36 bits per heavy atom. The molecule has 3 amide bonds. The molecule has 3 N–H and O–H groups in total. The van der Waals surface area contributed by atoms with E-state index >= 15 is 0 Å². The molecule has 224 valence electrons. The van der Waals surface area contributed by atoms with Gasteiger partial charge in [0.2, 0.25) is 0 Å². The molecule has 3 aromatic rings. The van der Waals surface area contributed by atoms with Crippen molar-refractivity contribution >= 4 is 37.0 Å². The zero-order valence-corrected chi connectivity index (χ0v) is 23.6. The lowest BCUT2D eigenvalue weighted by Crippen LogP contribution is -2.46. The number of urea groups is 1. The van der Waals surface area contributed by atoms with Crippen molar-refractivity contribution in [3.05, 3.63) is 93.0 Å². The molecule has 4 rings (SSSR count). The Bertz CT molecular complexity index is 1580. The van der Waals surface area contributed by atoms with E-state index in [1.165, 1.54) is 24.1 Å². The van der Waals surface area contributed by atoms with Crippen molar-refractivity contribution in [2.24, 2.45) is 0 Å². The second-order valence-electron chi connectivity index (χ2n) is 9.18. The van der Waals surface area contributed by atoms with Gasteiger partial charge in [0, 0.05) is 42.4 Å². The minimum Gasteiger partial charge on any atom is -0.465 e. The van der Waals surface area contributed by atoms with E-state index in [1.807, 2.05) is 0 Å². The maximum atomic E-state index is 14.9. The van der Waals surface area contributed by atoms with Gasteiger partial charge in [0.1, 0.15) is 29.0 Å². The number of nitrogens with zero attached hydrogens (tertiary/aromatic N) is 2. The van der Waals surface area contributed by atoms with Crippen LogP contribution in [0.4, 0.5) is 28.0 Å². The number of hydrogen-bond acceptors (Lipinski definition) is 5. The number of carbonyl (C=O) groups is 2. The number of phosphoric acid groups is 1. The van der Waals surface area contributed by atoms with E-state index in [4.69, 9.17) is 26.1 Å². The van der Waals surface area contributed by atoms with Crippen molar-refractivity contribution in [3.8, 4) is 5.75 Å². The minimum atomic E-state index is -4.85. The Morgan fingerprint density at radius 2 is 1.71 bits per heavy atom. The number of rotatable bonds is 9. The van der Waals surface area contributed by atoms with E-state index in [9.17, 15) is 31.7 Å². The average Bonchev–Trinajstić information content (AvgIpc) is 2.91. The quantitative estimate of drug-likeness (QED) is 0.164. The third-order valence-electron chi connectivity index (χ3n) is 6.58. The molecule has 0 bridgehead atoms. The standard InChI is InChI=1S/C26H23ClF4N3O7P/c1-13-16-4-3-14(25(35)32-10-17-20(30)8-15(28)9-21(17)31)7-22(16)34(26(36)33(13)2)11-18-19(29)5-6-23(24(18)27)40-12-41-42(37,38)39/h3-9,13H,10-12H2,1-2H3,(H,32,35)(H2,37,38,39)/t13-/m0/s1. The lowest BCUT2D eigenvalue weighted by Gasteiger charge is -2.40. The van der Waals surface area contributed by atoms with E-state index in [0.29, 0.717) is 17.7 Å². The highest BCUT2D eigenvalue weighted by Gasteiger charge is 2.35. The monoisotopic (exact) mass is 631 g/mol. The van der Waals surface area contributed by atoms with Gasteiger partial charge in [-0.1, -0.05) is 17.7 Å². The number of benzene rings is 3. The van der Waals surface area contributed by atoms with Crippen LogP contribution in [0.5, 0.6) is 5.75 Å². The van der Waals surface area contributed by atoms with Gasteiger partial charge in [0.05, 0.1) is 23.3 Å². The Balaban J connectivity index is 1.63. The number of carbonyl (C=O) groups excluding carboxylic acids is 2. The van der Waals surface area contributed by atoms with E-state index in [2.05, 4.69) is 9.84 Å². The average molecular weight is 632 g/mol. The van der Waals surface area contributed by atoms with Crippen LogP contribution in [-0.4, -0.2) is 40.5 Å². The lowest BCUT2D eigenvalue weighted by molar-refractivity contribution is 0.0827. The number of ether oxygens (including phenoxy) is 1. The third-order valence-corrected chi connectivity index (χ3v) is 7.44. The number of amides is 3. The molecule has 0 fully saturated rings. The summed E-state index contributed by atoms with van der Waals surface area (Å²) in [6.45, 7) is -0.196. The first kappa shape index (κ1) is 31.3. The van der Waals surface area contributed by atoms with E-state index in [1.54, 1.807) is 13.0 Å². The third kappa shape index (κ3) is 6.69. The van der Waals surface area contributed by atoms with Crippen molar-refractivity contribution in [1.82, 2.24) is 10.2 Å². The minimum absolute atomic E-state index is 0.00414. The van der Waals surface area contributed by atoms with Gasteiger partial charge in [0.25, 0.3) is 5.91 Å². The summed E-state index contributed by atoms with van der Waals surface area (Å²) in [5.41, 5.74) is 0.0645. The SMILES string of the molecule is C[C@H]1c2ccc(C(=O)NCc3c(F)cc(F)cc3F)cc2N(Cc2c(F)ccc(OCOP(=O)(O)O)c2Cl)C(=O)N1C. The van der Waals surface area contributed by atoms with Gasteiger partial charge in [-0.2, -0.15) is 0 Å². The largest absolute Gasteiger partial charge is 0.472 e. The fourth-order valence-corrected chi connectivity index (χ4v) is 4.71. The number of phosphoric ester groups is 1. The first-order chi connectivity index (χ1) is 19.7. The van der Waals surface area contributed by atoms with Gasteiger partial charge in [-0.25, -0.2) is 31.4 Å². The van der Waals surface area contributed by atoms with Crippen molar-refractivity contribution in [2.45, 2.75) is 26.1 Å². The molecule has 0 saturated carbocycles. The predicted molar refractivity (Wildman–Crippen MR) is 142 cm³/mol. The van der Waals surface area contributed by atoms with Gasteiger partial charge in [-0.15, -0.1) is 0 Å². The van der Waals surface area contributed by atoms with E-state index < -0.39 is 74.5 Å². The van der Waals surface area contributed by atoms with Crippen LogP contribution in [0.3, 0.4) is 0 Å². The normalized spacial score (nSPS) is 15.1. The van der Waals surface area contributed by atoms with Crippen molar-refractivity contribution in [3.63, 3.8) is 0 Å². The van der Waals surface area contributed by atoms with Crippen LogP contribution in [0.2, 0.25) is 5.02 Å². The lowest BCUT2D eigenvalue weighted by atomic mass is 9.98. The second kappa shape index (κ2) is 12.3. The summed E-state index contributed by atoms with van der Waals surface area (Å²) in [7, 11) is -3.33. The van der Waals surface area contributed by atoms with Gasteiger partial charge < -0.3 is 24.7 Å². The van der Waals surface area contributed by atoms with Crippen molar-refractivity contribution < 1.29 is 50.8 Å². The summed E-state index contributed by atoms with van der Waals surface area (Å²) in [5.74, 6) is -5.22.